The van der Waals surface area contributed by atoms with Crippen LogP contribution in [-0.4, -0.2) is 20.9 Å². The second-order valence-corrected chi connectivity index (χ2v) is 9.26. The molecular formula is C23H32N2O3S. The summed E-state index contributed by atoms with van der Waals surface area (Å²) in [4.78, 5) is 12.7. The maximum absolute atomic E-state index is 12.6. The molecule has 0 aliphatic heterocycles. The van der Waals surface area contributed by atoms with E-state index < -0.39 is 10.0 Å². The van der Waals surface area contributed by atoms with Crippen LogP contribution in [-0.2, 0) is 10.0 Å². The standard InChI is InChI=1S/C23H32N2O3S/c1-5-7-8-19(6-2)16-24-23(26)20-11-14-22(18(4)15-20)25-29(27,28)21-12-9-17(3)10-13-21/h9-15,19,25H,5-8,16H2,1-4H3,(H,24,26)/t19-/m1/s1. The van der Waals surface area contributed by atoms with Gasteiger partial charge in [-0.05, 0) is 62.1 Å². The first-order valence-electron chi connectivity index (χ1n) is 10.2. The van der Waals surface area contributed by atoms with E-state index in [0.717, 1.165) is 24.8 Å². The van der Waals surface area contributed by atoms with Gasteiger partial charge in [-0.25, -0.2) is 8.42 Å². The molecule has 2 N–H and O–H groups in total. The van der Waals surface area contributed by atoms with E-state index in [1.54, 1.807) is 49.4 Å². The van der Waals surface area contributed by atoms with Crippen LogP contribution in [0.5, 0.6) is 0 Å². The summed E-state index contributed by atoms with van der Waals surface area (Å²) < 4.78 is 27.8. The van der Waals surface area contributed by atoms with Crippen LogP contribution in [0.15, 0.2) is 47.4 Å². The van der Waals surface area contributed by atoms with Crippen molar-refractivity contribution in [2.24, 2.45) is 5.92 Å². The summed E-state index contributed by atoms with van der Waals surface area (Å²) in [7, 11) is -3.67. The van der Waals surface area contributed by atoms with Crippen LogP contribution in [0.4, 0.5) is 5.69 Å². The largest absolute Gasteiger partial charge is 0.352 e. The number of sulfonamides is 1. The topological polar surface area (TPSA) is 75.3 Å². The highest BCUT2D eigenvalue weighted by Crippen LogP contribution is 2.21. The number of unbranched alkanes of at least 4 members (excludes halogenated alkanes) is 1. The molecule has 0 aromatic heterocycles. The quantitative estimate of drug-likeness (QED) is 0.569. The predicted octanol–water partition coefficient (Wildman–Crippen LogP) is 5.05. The summed E-state index contributed by atoms with van der Waals surface area (Å²) in [6, 6.07) is 11.7. The van der Waals surface area contributed by atoms with Crippen LogP contribution in [0.1, 0.15) is 61.0 Å². The molecular weight excluding hydrogens is 384 g/mol. The molecule has 2 rings (SSSR count). The summed E-state index contributed by atoms with van der Waals surface area (Å²) in [5, 5.41) is 3.01. The van der Waals surface area contributed by atoms with E-state index in [9.17, 15) is 13.2 Å². The highest BCUT2D eigenvalue weighted by molar-refractivity contribution is 7.92. The minimum atomic E-state index is -3.67. The van der Waals surface area contributed by atoms with Gasteiger partial charge >= 0.3 is 0 Å². The number of anilines is 1. The van der Waals surface area contributed by atoms with Crippen molar-refractivity contribution in [2.45, 2.75) is 58.3 Å². The van der Waals surface area contributed by atoms with Crippen molar-refractivity contribution in [3.05, 3.63) is 59.2 Å². The number of hydrogen-bond acceptors (Lipinski definition) is 3. The van der Waals surface area contributed by atoms with Gasteiger partial charge in [-0.15, -0.1) is 0 Å². The Bertz CT molecular complexity index is 922. The van der Waals surface area contributed by atoms with E-state index in [2.05, 4.69) is 23.9 Å². The molecule has 0 aliphatic carbocycles. The van der Waals surface area contributed by atoms with Crippen molar-refractivity contribution in [2.75, 3.05) is 11.3 Å². The molecule has 0 unspecified atom stereocenters. The Hall–Kier alpha value is -2.34. The lowest BCUT2D eigenvalue weighted by Gasteiger charge is -2.16. The van der Waals surface area contributed by atoms with E-state index in [1.807, 2.05) is 6.92 Å². The van der Waals surface area contributed by atoms with Crippen LogP contribution < -0.4 is 10.0 Å². The van der Waals surface area contributed by atoms with Crippen molar-refractivity contribution >= 4 is 21.6 Å². The monoisotopic (exact) mass is 416 g/mol. The van der Waals surface area contributed by atoms with Gasteiger partial charge in [0, 0.05) is 12.1 Å². The van der Waals surface area contributed by atoms with E-state index in [0.29, 0.717) is 29.3 Å². The van der Waals surface area contributed by atoms with Gasteiger partial charge in [0.05, 0.1) is 10.6 Å². The highest BCUT2D eigenvalue weighted by Gasteiger charge is 2.16. The Labute approximate surface area is 175 Å². The van der Waals surface area contributed by atoms with Crippen molar-refractivity contribution in [1.29, 1.82) is 0 Å². The number of aryl methyl sites for hydroxylation is 2. The normalized spacial score (nSPS) is 12.4. The zero-order valence-electron chi connectivity index (χ0n) is 17.8. The summed E-state index contributed by atoms with van der Waals surface area (Å²) >= 11 is 0. The van der Waals surface area contributed by atoms with Gasteiger partial charge in [-0.2, -0.15) is 0 Å². The zero-order valence-corrected chi connectivity index (χ0v) is 18.6. The first kappa shape index (κ1) is 22.9. The first-order chi connectivity index (χ1) is 13.8. The SMILES string of the molecule is CCCC[C@@H](CC)CNC(=O)c1ccc(NS(=O)(=O)c2ccc(C)cc2)c(C)c1. The number of carbonyl (C=O) groups is 1. The average Bonchev–Trinajstić information content (AvgIpc) is 2.69. The molecule has 0 radical (unpaired) electrons. The van der Waals surface area contributed by atoms with Gasteiger partial charge in [-0.1, -0.05) is 50.8 Å². The number of hydrogen-bond donors (Lipinski definition) is 2. The smallest absolute Gasteiger partial charge is 0.261 e. The van der Waals surface area contributed by atoms with Crippen LogP contribution in [0.2, 0.25) is 0 Å². The number of nitrogens with one attached hydrogen (secondary N) is 2. The molecule has 2 aromatic rings. The summed E-state index contributed by atoms with van der Waals surface area (Å²) in [5.41, 5.74) is 2.70. The lowest BCUT2D eigenvalue weighted by molar-refractivity contribution is 0.0945. The second-order valence-electron chi connectivity index (χ2n) is 7.57. The molecule has 1 amide bonds. The third-order valence-electron chi connectivity index (χ3n) is 5.16. The number of carbonyl (C=O) groups excluding carboxylic acids is 1. The zero-order chi connectivity index (χ0) is 21.4. The minimum absolute atomic E-state index is 0.129. The van der Waals surface area contributed by atoms with Gasteiger partial charge in [-0.3, -0.25) is 9.52 Å². The van der Waals surface area contributed by atoms with Gasteiger partial charge in [0.25, 0.3) is 15.9 Å². The number of benzene rings is 2. The molecule has 0 aliphatic rings. The number of amides is 1. The van der Waals surface area contributed by atoms with Gasteiger partial charge < -0.3 is 5.32 Å². The summed E-state index contributed by atoms with van der Waals surface area (Å²) in [5.74, 6) is 0.358. The summed E-state index contributed by atoms with van der Waals surface area (Å²) in [6.45, 7) is 8.68. The molecule has 158 valence electrons. The second kappa shape index (κ2) is 10.4. The fraction of sp³-hybridized carbons (Fsp3) is 0.435. The minimum Gasteiger partial charge on any atom is -0.352 e. The summed E-state index contributed by atoms with van der Waals surface area (Å²) in [6.07, 6.45) is 4.48. The Morgan fingerprint density at radius 3 is 2.31 bits per heavy atom. The maximum atomic E-state index is 12.6. The van der Waals surface area contributed by atoms with E-state index >= 15 is 0 Å². The van der Waals surface area contributed by atoms with Gasteiger partial charge in [0.1, 0.15) is 0 Å². The fourth-order valence-corrected chi connectivity index (χ4v) is 4.25. The highest BCUT2D eigenvalue weighted by atomic mass is 32.2. The van der Waals surface area contributed by atoms with Crippen molar-refractivity contribution in [1.82, 2.24) is 5.32 Å². The molecule has 1 atom stereocenters. The third kappa shape index (κ3) is 6.60. The number of rotatable bonds is 10. The van der Waals surface area contributed by atoms with Crippen LogP contribution >= 0.6 is 0 Å². The van der Waals surface area contributed by atoms with Gasteiger partial charge in [0.2, 0.25) is 0 Å². The van der Waals surface area contributed by atoms with Gasteiger partial charge in [0.15, 0.2) is 0 Å². The lowest BCUT2D eigenvalue weighted by atomic mass is 9.99. The molecule has 5 nitrogen and oxygen atoms in total. The Morgan fingerprint density at radius 2 is 1.72 bits per heavy atom. The van der Waals surface area contributed by atoms with E-state index in [1.165, 1.54) is 6.42 Å². The van der Waals surface area contributed by atoms with Crippen molar-refractivity contribution < 1.29 is 13.2 Å². The molecule has 0 saturated carbocycles. The average molecular weight is 417 g/mol. The molecule has 0 heterocycles. The van der Waals surface area contributed by atoms with Crippen LogP contribution in [0, 0.1) is 19.8 Å². The molecule has 0 spiro atoms. The fourth-order valence-electron chi connectivity index (χ4n) is 3.12. The van der Waals surface area contributed by atoms with E-state index in [-0.39, 0.29) is 10.8 Å². The Kier molecular flexibility index (Phi) is 8.26. The molecule has 0 bridgehead atoms. The van der Waals surface area contributed by atoms with Crippen LogP contribution in [0.25, 0.3) is 0 Å². The maximum Gasteiger partial charge on any atom is 0.261 e. The van der Waals surface area contributed by atoms with Crippen LogP contribution in [0.3, 0.4) is 0 Å². The first-order valence-corrected chi connectivity index (χ1v) is 11.7. The van der Waals surface area contributed by atoms with E-state index in [4.69, 9.17) is 0 Å². The molecule has 0 saturated heterocycles. The predicted molar refractivity (Wildman–Crippen MR) is 119 cm³/mol. The third-order valence-corrected chi connectivity index (χ3v) is 6.54. The van der Waals surface area contributed by atoms with Crippen molar-refractivity contribution in [3.63, 3.8) is 0 Å². The van der Waals surface area contributed by atoms with Crippen molar-refractivity contribution in [3.8, 4) is 0 Å². The molecule has 29 heavy (non-hydrogen) atoms. The molecule has 0 fully saturated rings. The molecule has 6 heteroatoms. The lowest BCUT2D eigenvalue weighted by Crippen LogP contribution is -2.29. The Balaban J connectivity index is 2.05. The molecule has 2 aromatic carbocycles. The Morgan fingerprint density at radius 1 is 1.03 bits per heavy atom.